The Morgan fingerprint density at radius 3 is 3.04 bits per heavy atom. The van der Waals surface area contributed by atoms with Crippen molar-refractivity contribution in [3.05, 3.63) is 0 Å². The molecule has 0 aliphatic carbocycles. The average molecular weight is 369 g/mol. The van der Waals surface area contributed by atoms with Gasteiger partial charge in [-0.2, -0.15) is 0 Å². The molecule has 1 amide bonds. The predicted molar refractivity (Wildman–Crippen MR) is 103 cm³/mol. The number of amides is 1. The molecule has 2 fully saturated rings. The maximum atomic E-state index is 12.0. The Hall–Kier alpha value is -1.34. The van der Waals surface area contributed by atoms with Crippen LogP contribution in [0.5, 0.6) is 0 Å². The number of hydrogen-bond donors (Lipinski definition) is 2. The van der Waals surface area contributed by atoms with E-state index < -0.39 is 0 Å². The zero-order chi connectivity index (χ0) is 18.5. The first-order valence-corrected chi connectivity index (χ1v) is 10.3. The molecule has 7 nitrogen and oxygen atoms in total. The van der Waals surface area contributed by atoms with E-state index in [4.69, 9.17) is 9.47 Å². The van der Waals surface area contributed by atoms with Crippen molar-refractivity contribution in [1.82, 2.24) is 15.5 Å². The molecule has 2 saturated heterocycles. The van der Waals surface area contributed by atoms with Gasteiger partial charge in [0.1, 0.15) is 0 Å². The van der Waals surface area contributed by atoms with Crippen molar-refractivity contribution in [3.63, 3.8) is 0 Å². The van der Waals surface area contributed by atoms with E-state index in [-0.39, 0.29) is 6.10 Å². The molecule has 7 heteroatoms. The fourth-order valence-electron chi connectivity index (χ4n) is 3.24. The standard InChI is InChI=1S/C19H36N4O3/c1-2-20-19(22-11-7-14-26-17-9-15-25-16-17)21-10-6-13-23-12-5-3-4-8-18(23)24/h17H,2-16H2,1H3,(H2,20,21,22). The van der Waals surface area contributed by atoms with Crippen LogP contribution in [0.2, 0.25) is 0 Å². The molecule has 0 aromatic heterocycles. The van der Waals surface area contributed by atoms with Crippen molar-refractivity contribution in [2.45, 2.75) is 58.0 Å². The lowest BCUT2D eigenvalue weighted by Gasteiger charge is -2.20. The number of ether oxygens (including phenoxy) is 2. The van der Waals surface area contributed by atoms with Crippen molar-refractivity contribution >= 4 is 11.9 Å². The van der Waals surface area contributed by atoms with Crippen molar-refractivity contribution in [2.24, 2.45) is 4.99 Å². The molecule has 150 valence electrons. The predicted octanol–water partition coefficient (Wildman–Crippen LogP) is 1.53. The van der Waals surface area contributed by atoms with Crippen molar-refractivity contribution in [2.75, 3.05) is 52.5 Å². The molecule has 1 atom stereocenters. The van der Waals surface area contributed by atoms with Crippen LogP contribution in [0.1, 0.15) is 51.9 Å². The molecule has 0 aromatic carbocycles. The molecule has 0 saturated carbocycles. The first-order chi connectivity index (χ1) is 12.8. The van der Waals surface area contributed by atoms with Crippen LogP contribution < -0.4 is 10.6 Å². The highest BCUT2D eigenvalue weighted by Crippen LogP contribution is 2.11. The molecule has 2 aliphatic rings. The van der Waals surface area contributed by atoms with Gasteiger partial charge >= 0.3 is 0 Å². The number of carbonyl (C=O) groups is 1. The quantitative estimate of drug-likeness (QED) is 0.347. The molecule has 2 aliphatic heterocycles. The van der Waals surface area contributed by atoms with Crippen molar-refractivity contribution < 1.29 is 14.3 Å². The molecule has 0 radical (unpaired) electrons. The number of nitrogens with zero attached hydrogens (tertiary/aromatic N) is 2. The molecule has 2 heterocycles. The van der Waals surface area contributed by atoms with Crippen molar-refractivity contribution in [1.29, 1.82) is 0 Å². The second-order valence-electron chi connectivity index (χ2n) is 6.94. The maximum absolute atomic E-state index is 12.0. The third-order valence-corrected chi connectivity index (χ3v) is 4.73. The lowest BCUT2D eigenvalue weighted by atomic mass is 10.2. The van der Waals surface area contributed by atoms with Crippen LogP contribution in [-0.4, -0.2) is 75.4 Å². The highest BCUT2D eigenvalue weighted by atomic mass is 16.5. The maximum Gasteiger partial charge on any atom is 0.222 e. The molecule has 2 rings (SSSR count). The van der Waals surface area contributed by atoms with Crippen LogP contribution in [0.25, 0.3) is 0 Å². The van der Waals surface area contributed by atoms with Crippen LogP contribution >= 0.6 is 0 Å². The highest BCUT2D eigenvalue weighted by molar-refractivity contribution is 5.79. The van der Waals surface area contributed by atoms with E-state index in [2.05, 4.69) is 22.5 Å². The summed E-state index contributed by atoms with van der Waals surface area (Å²) in [6.45, 7) is 8.51. The molecule has 0 bridgehead atoms. The van der Waals surface area contributed by atoms with Crippen molar-refractivity contribution in [3.8, 4) is 0 Å². The fourth-order valence-corrected chi connectivity index (χ4v) is 3.24. The van der Waals surface area contributed by atoms with Crippen LogP contribution in [0.15, 0.2) is 4.99 Å². The van der Waals surface area contributed by atoms with Gasteiger partial charge in [-0.1, -0.05) is 6.42 Å². The van der Waals surface area contributed by atoms with E-state index >= 15 is 0 Å². The van der Waals surface area contributed by atoms with Gasteiger partial charge in [-0.05, 0) is 39.0 Å². The summed E-state index contributed by atoms with van der Waals surface area (Å²) in [4.78, 5) is 18.6. The minimum Gasteiger partial charge on any atom is -0.379 e. The summed E-state index contributed by atoms with van der Waals surface area (Å²) >= 11 is 0. The van der Waals surface area contributed by atoms with Crippen LogP contribution in [0.3, 0.4) is 0 Å². The number of carbonyl (C=O) groups excluding carboxylic acids is 1. The number of guanidine groups is 1. The largest absolute Gasteiger partial charge is 0.379 e. The summed E-state index contributed by atoms with van der Waals surface area (Å²) in [5.41, 5.74) is 0. The van der Waals surface area contributed by atoms with E-state index in [1.165, 1.54) is 6.42 Å². The number of rotatable bonds is 10. The summed E-state index contributed by atoms with van der Waals surface area (Å²) in [6, 6.07) is 0. The number of hydrogen-bond acceptors (Lipinski definition) is 4. The molecule has 2 N–H and O–H groups in total. The molecule has 1 unspecified atom stereocenters. The molecular formula is C19H36N4O3. The Morgan fingerprint density at radius 1 is 1.31 bits per heavy atom. The lowest BCUT2D eigenvalue weighted by Crippen LogP contribution is -2.38. The van der Waals surface area contributed by atoms with E-state index in [9.17, 15) is 4.79 Å². The van der Waals surface area contributed by atoms with Crippen LogP contribution in [-0.2, 0) is 14.3 Å². The first-order valence-electron chi connectivity index (χ1n) is 10.3. The second-order valence-corrected chi connectivity index (χ2v) is 6.94. The molecular weight excluding hydrogens is 332 g/mol. The van der Waals surface area contributed by atoms with Gasteiger partial charge in [0, 0.05) is 52.4 Å². The van der Waals surface area contributed by atoms with Gasteiger partial charge in [-0.25, -0.2) is 0 Å². The normalized spacial score (nSPS) is 21.7. The number of nitrogens with one attached hydrogen (secondary N) is 2. The van der Waals surface area contributed by atoms with E-state index in [0.717, 1.165) is 90.6 Å². The van der Waals surface area contributed by atoms with Gasteiger partial charge < -0.3 is 25.0 Å². The smallest absolute Gasteiger partial charge is 0.222 e. The zero-order valence-corrected chi connectivity index (χ0v) is 16.3. The Balaban J connectivity index is 1.58. The Bertz CT molecular complexity index is 425. The summed E-state index contributed by atoms with van der Waals surface area (Å²) < 4.78 is 11.1. The highest BCUT2D eigenvalue weighted by Gasteiger charge is 2.16. The first kappa shape index (κ1) is 21.0. The summed E-state index contributed by atoms with van der Waals surface area (Å²) in [7, 11) is 0. The topological polar surface area (TPSA) is 75.2 Å². The third kappa shape index (κ3) is 8.36. The van der Waals surface area contributed by atoms with E-state index in [1.807, 2.05) is 4.90 Å². The zero-order valence-electron chi connectivity index (χ0n) is 16.3. The van der Waals surface area contributed by atoms with E-state index in [1.54, 1.807) is 0 Å². The van der Waals surface area contributed by atoms with Gasteiger partial charge in [0.05, 0.1) is 12.7 Å². The third-order valence-electron chi connectivity index (χ3n) is 4.73. The van der Waals surface area contributed by atoms with E-state index in [0.29, 0.717) is 12.3 Å². The molecule has 0 aromatic rings. The summed E-state index contributed by atoms with van der Waals surface area (Å²) in [6.07, 6.45) is 7.20. The lowest BCUT2D eigenvalue weighted by molar-refractivity contribution is -0.130. The monoisotopic (exact) mass is 368 g/mol. The van der Waals surface area contributed by atoms with Crippen LogP contribution in [0, 0.1) is 0 Å². The Labute approximate surface area is 157 Å². The second kappa shape index (κ2) is 12.9. The molecule has 0 spiro atoms. The van der Waals surface area contributed by atoms with Gasteiger partial charge in [0.15, 0.2) is 5.96 Å². The van der Waals surface area contributed by atoms with Crippen LogP contribution in [0.4, 0.5) is 0 Å². The summed E-state index contributed by atoms with van der Waals surface area (Å²) in [5.74, 6) is 1.16. The molecule has 26 heavy (non-hydrogen) atoms. The SMILES string of the molecule is CCNC(=NCCCN1CCCCCC1=O)NCCCOC1CCOC1. The van der Waals surface area contributed by atoms with Gasteiger partial charge in [0.25, 0.3) is 0 Å². The fraction of sp³-hybridized carbons (Fsp3) is 0.895. The Kier molecular flexibility index (Phi) is 10.4. The van der Waals surface area contributed by atoms with Gasteiger partial charge in [0.2, 0.25) is 5.91 Å². The Morgan fingerprint density at radius 2 is 2.23 bits per heavy atom. The minimum atomic E-state index is 0.276. The average Bonchev–Trinajstić information content (AvgIpc) is 3.07. The minimum absolute atomic E-state index is 0.276. The van der Waals surface area contributed by atoms with Gasteiger partial charge in [-0.15, -0.1) is 0 Å². The number of likely N-dealkylation sites (tertiary alicyclic amines) is 1. The summed E-state index contributed by atoms with van der Waals surface area (Å²) in [5, 5.41) is 6.62. The number of aliphatic imine (C=N–C) groups is 1. The van der Waals surface area contributed by atoms with Gasteiger partial charge in [-0.3, -0.25) is 9.79 Å².